The molecule has 0 aliphatic carbocycles. The number of ether oxygens (including phenoxy) is 1. The van der Waals surface area contributed by atoms with Crippen LogP contribution in [0, 0.1) is 5.92 Å². The van der Waals surface area contributed by atoms with Crippen LogP contribution in [0.4, 0.5) is 0 Å². The van der Waals surface area contributed by atoms with Crippen LogP contribution in [0.2, 0.25) is 0 Å². The van der Waals surface area contributed by atoms with E-state index in [1.807, 2.05) is 0 Å². The lowest BCUT2D eigenvalue weighted by atomic mass is 9.97. The summed E-state index contributed by atoms with van der Waals surface area (Å²) in [6.07, 6.45) is 3.76. The second-order valence-electron chi connectivity index (χ2n) is 8.56. The third-order valence-corrected chi connectivity index (χ3v) is 8.12. The van der Waals surface area contributed by atoms with Gasteiger partial charge in [0.15, 0.2) is 0 Å². The van der Waals surface area contributed by atoms with Crippen LogP contribution >= 0.6 is 0 Å². The largest absolute Gasteiger partial charge is 0.466 e. The summed E-state index contributed by atoms with van der Waals surface area (Å²) >= 11 is 0. The fourth-order valence-corrected chi connectivity index (χ4v) is 5.83. The SMILES string of the molecule is CCOC(=O)C1CCN(C(=O)CN(C)C(=O)c2cccc(S(=O)(=O)N3CCCCC3)c2)CC1. The molecule has 9 nitrogen and oxygen atoms in total. The minimum Gasteiger partial charge on any atom is -0.466 e. The monoisotopic (exact) mass is 479 g/mol. The van der Waals surface area contributed by atoms with Crippen molar-refractivity contribution < 1.29 is 27.5 Å². The first-order valence-corrected chi connectivity index (χ1v) is 13.0. The normalized spacial score (nSPS) is 18.1. The molecule has 2 fully saturated rings. The van der Waals surface area contributed by atoms with E-state index in [0.29, 0.717) is 45.6 Å². The van der Waals surface area contributed by atoms with E-state index in [9.17, 15) is 22.8 Å². The Bertz CT molecular complexity index is 966. The molecule has 0 aromatic heterocycles. The standard InChI is InChI=1S/C23H33N3O6S/c1-3-32-23(29)18-10-14-25(15-11-18)21(27)17-24(2)22(28)19-8-7-9-20(16-19)33(30,31)26-12-5-4-6-13-26/h7-9,16,18H,3-6,10-15,17H2,1-2H3. The van der Waals surface area contributed by atoms with Crippen LogP contribution in [0.5, 0.6) is 0 Å². The molecule has 33 heavy (non-hydrogen) atoms. The first-order chi connectivity index (χ1) is 15.7. The number of piperidine rings is 2. The zero-order valence-electron chi connectivity index (χ0n) is 19.4. The van der Waals surface area contributed by atoms with Gasteiger partial charge >= 0.3 is 5.97 Å². The Balaban J connectivity index is 1.59. The molecule has 0 atom stereocenters. The molecule has 2 aliphatic rings. The van der Waals surface area contributed by atoms with E-state index >= 15 is 0 Å². The summed E-state index contributed by atoms with van der Waals surface area (Å²) < 4.78 is 32.4. The molecular weight excluding hydrogens is 446 g/mol. The molecule has 2 saturated heterocycles. The zero-order chi connectivity index (χ0) is 24.0. The predicted octanol–water partition coefficient (Wildman–Crippen LogP) is 1.73. The molecule has 0 spiro atoms. The van der Waals surface area contributed by atoms with Crippen molar-refractivity contribution in [3.63, 3.8) is 0 Å². The van der Waals surface area contributed by atoms with Crippen molar-refractivity contribution in [2.75, 3.05) is 46.4 Å². The Morgan fingerprint density at radius 3 is 2.36 bits per heavy atom. The number of hydrogen-bond donors (Lipinski definition) is 0. The minimum atomic E-state index is -3.65. The maximum absolute atomic E-state index is 12.9. The van der Waals surface area contributed by atoms with Gasteiger partial charge in [-0.05, 0) is 50.8 Å². The van der Waals surface area contributed by atoms with E-state index < -0.39 is 15.9 Å². The van der Waals surface area contributed by atoms with E-state index in [4.69, 9.17) is 4.74 Å². The molecular formula is C23H33N3O6S. The number of carbonyl (C=O) groups excluding carboxylic acids is 3. The van der Waals surface area contributed by atoms with Crippen LogP contribution in [-0.4, -0.2) is 86.7 Å². The van der Waals surface area contributed by atoms with Gasteiger partial charge in [0, 0.05) is 38.8 Å². The van der Waals surface area contributed by atoms with E-state index in [1.54, 1.807) is 24.0 Å². The number of benzene rings is 1. The molecule has 0 unspecified atom stereocenters. The molecule has 0 radical (unpaired) electrons. The molecule has 182 valence electrons. The summed E-state index contributed by atoms with van der Waals surface area (Å²) in [4.78, 5) is 40.5. The van der Waals surface area contributed by atoms with E-state index in [1.165, 1.54) is 28.4 Å². The summed E-state index contributed by atoms with van der Waals surface area (Å²) in [6, 6.07) is 6.00. The first-order valence-electron chi connectivity index (χ1n) is 11.5. The van der Waals surface area contributed by atoms with Gasteiger partial charge in [0.05, 0.1) is 24.0 Å². The van der Waals surface area contributed by atoms with Gasteiger partial charge in [-0.1, -0.05) is 12.5 Å². The number of hydrogen-bond acceptors (Lipinski definition) is 6. The fraction of sp³-hybridized carbons (Fsp3) is 0.609. The van der Waals surface area contributed by atoms with Crippen molar-refractivity contribution in [3.05, 3.63) is 29.8 Å². The molecule has 3 rings (SSSR count). The highest BCUT2D eigenvalue weighted by Crippen LogP contribution is 2.22. The molecule has 1 aromatic rings. The zero-order valence-corrected chi connectivity index (χ0v) is 20.2. The summed E-state index contributed by atoms with van der Waals surface area (Å²) in [7, 11) is -2.13. The highest BCUT2D eigenvalue weighted by atomic mass is 32.2. The Morgan fingerprint density at radius 1 is 1.06 bits per heavy atom. The van der Waals surface area contributed by atoms with Crippen molar-refractivity contribution in [2.45, 2.75) is 43.9 Å². The molecule has 0 saturated carbocycles. The van der Waals surface area contributed by atoms with Crippen LogP contribution in [-0.2, 0) is 24.3 Å². The minimum absolute atomic E-state index is 0.0935. The second kappa shape index (κ2) is 11.1. The molecule has 2 heterocycles. The number of rotatable bonds is 7. The van der Waals surface area contributed by atoms with Gasteiger partial charge in [-0.15, -0.1) is 0 Å². The van der Waals surface area contributed by atoms with E-state index in [-0.39, 0.29) is 34.8 Å². The van der Waals surface area contributed by atoms with Crippen molar-refractivity contribution >= 4 is 27.8 Å². The van der Waals surface area contributed by atoms with E-state index in [0.717, 1.165) is 19.3 Å². The summed E-state index contributed by atoms with van der Waals surface area (Å²) in [5.74, 6) is -1.04. The van der Waals surface area contributed by atoms with Crippen LogP contribution in [0.1, 0.15) is 49.4 Å². The smallest absolute Gasteiger partial charge is 0.309 e. The van der Waals surface area contributed by atoms with Crippen molar-refractivity contribution in [1.82, 2.24) is 14.1 Å². The number of likely N-dealkylation sites (N-methyl/N-ethyl adjacent to an activating group) is 1. The van der Waals surface area contributed by atoms with Gasteiger partial charge in [-0.25, -0.2) is 8.42 Å². The average molecular weight is 480 g/mol. The van der Waals surface area contributed by atoms with Crippen molar-refractivity contribution in [3.8, 4) is 0 Å². The molecule has 0 N–H and O–H groups in total. The third kappa shape index (κ3) is 6.11. The maximum atomic E-state index is 12.9. The number of sulfonamides is 1. The van der Waals surface area contributed by atoms with Crippen LogP contribution in [0.15, 0.2) is 29.2 Å². The molecule has 0 bridgehead atoms. The van der Waals surface area contributed by atoms with Crippen LogP contribution < -0.4 is 0 Å². The Morgan fingerprint density at radius 2 is 1.73 bits per heavy atom. The Labute approximate surface area is 195 Å². The van der Waals surface area contributed by atoms with Gasteiger partial charge in [0.1, 0.15) is 0 Å². The van der Waals surface area contributed by atoms with Gasteiger partial charge < -0.3 is 14.5 Å². The van der Waals surface area contributed by atoms with E-state index in [2.05, 4.69) is 0 Å². The fourth-order valence-electron chi connectivity index (χ4n) is 4.26. The Kier molecular flexibility index (Phi) is 8.47. The number of nitrogens with zero attached hydrogens (tertiary/aromatic N) is 3. The maximum Gasteiger partial charge on any atom is 0.309 e. The first kappa shape index (κ1) is 25.2. The van der Waals surface area contributed by atoms with Crippen LogP contribution in [0.25, 0.3) is 0 Å². The average Bonchev–Trinajstić information content (AvgIpc) is 2.84. The van der Waals surface area contributed by atoms with Crippen molar-refractivity contribution in [1.29, 1.82) is 0 Å². The molecule has 2 amide bonds. The van der Waals surface area contributed by atoms with Gasteiger partial charge in [-0.3, -0.25) is 14.4 Å². The number of carbonyl (C=O) groups is 3. The molecule has 1 aromatic carbocycles. The molecule has 10 heteroatoms. The van der Waals surface area contributed by atoms with Gasteiger partial charge in [-0.2, -0.15) is 4.31 Å². The summed E-state index contributed by atoms with van der Waals surface area (Å²) in [5.41, 5.74) is 0.226. The van der Waals surface area contributed by atoms with Gasteiger partial charge in [0.25, 0.3) is 5.91 Å². The summed E-state index contributed by atoms with van der Waals surface area (Å²) in [5, 5.41) is 0. The third-order valence-electron chi connectivity index (χ3n) is 6.22. The Hall–Kier alpha value is -2.46. The van der Waals surface area contributed by atoms with Gasteiger partial charge in [0.2, 0.25) is 15.9 Å². The number of esters is 1. The quantitative estimate of drug-likeness (QED) is 0.552. The van der Waals surface area contributed by atoms with Crippen LogP contribution in [0.3, 0.4) is 0 Å². The topological polar surface area (TPSA) is 104 Å². The second-order valence-corrected chi connectivity index (χ2v) is 10.5. The number of likely N-dealkylation sites (tertiary alicyclic amines) is 1. The predicted molar refractivity (Wildman–Crippen MR) is 122 cm³/mol. The lowest BCUT2D eigenvalue weighted by molar-refractivity contribution is -0.151. The summed E-state index contributed by atoms with van der Waals surface area (Å²) in [6.45, 7) is 3.84. The lowest BCUT2D eigenvalue weighted by Gasteiger charge is -2.32. The lowest BCUT2D eigenvalue weighted by Crippen LogP contribution is -2.45. The highest BCUT2D eigenvalue weighted by Gasteiger charge is 2.30. The molecule has 2 aliphatic heterocycles. The highest BCUT2D eigenvalue weighted by molar-refractivity contribution is 7.89. The number of amides is 2. The van der Waals surface area contributed by atoms with Crippen molar-refractivity contribution in [2.24, 2.45) is 5.92 Å².